The minimum absolute atomic E-state index is 0.109. The SMILES string of the molecule is Cc1ccc(-c2nc(CNC(=O)c3ccccc3Br)cs2)cc1. The molecule has 5 heteroatoms. The van der Waals surface area contributed by atoms with E-state index in [9.17, 15) is 4.79 Å². The smallest absolute Gasteiger partial charge is 0.252 e. The first kappa shape index (κ1) is 15.9. The third-order valence-electron chi connectivity index (χ3n) is 3.40. The third kappa shape index (κ3) is 3.86. The lowest BCUT2D eigenvalue weighted by Gasteiger charge is -2.05. The molecule has 0 fully saturated rings. The molecule has 23 heavy (non-hydrogen) atoms. The Labute approximate surface area is 147 Å². The summed E-state index contributed by atoms with van der Waals surface area (Å²) in [7, 11) is 0. The van der Waals surface area contributed by atoms with E-state index in [0.29, 0.717) is 12.1 Å². The van der Waals surface area contributed by atoms with E-state index in [4.69, 9.17) is 0 Å². The van der Waals surface area contributed by atoms with E-state index in [2.05, 4.69) is 57.4 Å². The fourth-order valence-electron chi connectivity index (χ4n) is 2.13. The van der Waals surface area contributed by atoms with Crippen LogP contribution in [0.25, 0.3) is 10.6 Å². The van der Waals surface area contributed by atoms with Gasteiger partial charge < -0.3 is 5.32 Å². The summed E-state index contributed by atoms with van der Waals surface area (Å²) in [6.45, 7) is 2.48. The first-order chi connectivity index (χ1) is 11.1. The zero-order valence-corrected chi connectivity index (χ0v) is 14.9. The number of nitrogens with one attached hydrogen (secondary N) is 1. The van der Waals surface area contributed by atoms with Gasteiger partial charge in [-0.1, -0.05) is 42.0 Å². The third-order valence-corrected chi connectivity index (χ3v) is 5.03. The van der Waals surface area contributed by atoms with Crippen molar-refractivity contribution in [3.63, 3.8) is 0 Å². The van der Waals surface area contributed by atoms with Crippen molar-refractivity contribution < 1.29 is 4.79 Å². The van der Waals surface area contributed by atoms with Crippen molar-refractivity contribution in [2.75, 3.05) is 0 Å². The molecule has 0 aliphatic rings. The van der Waals surface area contributed by atoms with E-state index >= 15 is 0 Å². The molecule has 0 atom stereocenters. The number of aryl methyl sites for hydroxylation is 1. The summed E-state index contributed by atoms with van der Waals surface area (Å²) in [5, 5.41) is 5.85. The van der Waals surface area contributed by atoms with Crippen molar-refractivity contribution in [3.05, 3.63) is 75.2 Å². The van der Waals surface area contributed by atoms with Crippen LogP contribution in [0.2, 0.25) is 0 Å². The number of carbonyl (C=O) groups is 1. The molecule has 3 nitrogen and oxygen atoms in total. The van der Waals surface area contributed by atoms with Crippen LogP contribution in [0.5, 0.6) is 0 Å². The molecule has 1 heterocycles. The van der Waals surface area contributed by atoms with Gasteiger partial charge in [-0.15, -0.1) is 11.3 Å². The highest BCUT2D eigenvalue weighted by Crippen LogP contribution is 2.24. The van der Waals surface area contributed by atoms with Crippen LogP contribution >= 0.6 is 27.3 Å². The van der Waals surface area contributed by atoms with Gasteiger partial charge in [-0.3, -0.25) is 4.79 Å². The van der Waals surface area contributed by atoms with Gasteiger partial charge in [0, 0.05) is 15.4 Å². The molecule has 1 aromatic heterocycles. The van der Waals surface area contributed by atoms with Gasteiger partial charge in [0.2, 0.25) is 0 Å². The first-order valence-electron chi connectivity index (χ1n) is 7.17. The van der Waals surface area contributed by atoms with Crippen molar-refractivity contribution in [2.24, 2.45) is 0 Å². The van der Waals surface area contributed by atoms with Crippen LogP contribution in [0.15, 0.2) is 58.4 Å². The predicted octanol–water partition coefficient (Wildman–Crippen LogP) is 4.81. The predicted molar refractivity (Wildman–Crippen MR) is 97.6 cm³/mol. The lowest BCUT2D eigenvalue weighted by atomic mass is 10.2. The number of rotatable bonds is 4. The molecule has 116 valence electrons. The maximum Gasteiger partial charge on any atom is 0.252 e. The fourth-order valence-corrected chi connectivity index (χ4v) is 3.42. The van der Waals surface area contributed by atoms with E-state index in [1.54, 1.807) is 17.4 Å². The molecular weight excluding hydrogens is 372 g/mol. The summed E-state index contributed by atoms with van der Waals surface area (Å²) in [4.78, 5) is 16.8. The van der Waals surface area contributed by atoms with Crippen LogP contribution < -0.4 is 5.32 Å². The van der Waals surface area contributed by atoms with E-state index in [1.165, 1.54) is 5.56 Å². The molecule has 0 saturated heterocycles. The Hall–Kier alpha value is -1.98. The average Bonchev–Trinajstić information content (AvgIpc) is 3.03. The number of aromatic nitrogens is 1. The van der Waals surface area contributed by atoms with Gasteiger partial charge in [0.25, 0.3) is 5.91 Å². The molecule has 1 N–H and O–H groups in total. The molecule has 3 rings (SSSR count). The Morgan fingerprint density at radius 3 is 2.65 bits per heavy atom. The number of amides is 1. The number of benzene rings is 2. The maximum absolute atomic E-state index is 12.2. The number of thiazole rings is 1. The summed E-state index contributed by atoms with van der Waals surface area (Å²) < 4.78 is 0.788. The molecule has 3 aromatic rings. The summed E-state index contributed by atoms with van der Waals surface area (Å²) in [5.41, 5.74) is 3.82. The molecule has 0 bridgehead atoms. The van der Waals surface area contributed by atoms with Crippen molar-refractivity contribution in [1.29, 1.82) is 0 Å². The van der Waals surface area contributed by atoms with Gasteiger partial charge in [0.1, 0.15) is 5.01 Å². The lowest BCUT2D eigenvalue weighted by molar-refractivity contribution is 0.0949. The molecule has 0 radical (unpaired) electrons. The largest absolute Gasteiger partial charge is 0.346 e. The number of halogens is 1. The lowest BCUT2D eigenvalue weighted by Crippen LogP contribution is -2.23. The van der Waals surface area contributed by atoms with Gasteiger partial charge in [0.05, 0.1) is 17.8 Å². The van der Waals surface area contributed by atoms with Crippen molar-refractivity contribution >= 4 is 33.2 Å². The first-order valence-corrected chi connectivity index (χ1v) is 8.85. The summed E-state index contributed by atoms with van der Waals surface area (Å²) in [5.74, 6) is -0.109. The highest BCUT2D eigenvalue weighted by molar-refractivity contribution is 9.10. The summed E-state index contributed by atoms with van der Waals surface area (Å²) >= 11 is 4.98. The quantitative estimate of drug-likeness (QED) is 0.698. The number of carbonyl (C=O) groups excluding carboxylic acids is 1. The minimum Gasteiger partial charge on any atom is -0.346 e. The van der Waals surface area contributed by atoms with Crippen LogP contribution in [0.3, 0.4) is 0 Å². The summed E-state index contributed by atoms with van der Waals surface area (Å²) in [6, 6.07) is 15.7. The molecule has 0 spiro atoms. The van der Waals surface area contributed by atoms with Gasteiger partial charge in [-0.25, -0.2) is 4.98 Å². The molecule has 2 aromatic carbocycles. The Morgan fingerprint density at radius 1 is 1.17 bits per heavy atom. The topological polar surface area (TPSA) is 42.0 Å². The Morgan fingerprint density at radius 2 is 1.91 bits per heavy atom. The molecular formula is C18H15BrN2OS. The van der Waals surface area contributed by atoms with Crippen molar-refractivity contribution in [2.45, 2.75) is 13.5 Å². The highest BCUT2D eigenvalue weighted by atomic mass is 79.9. The van der Waals surface area contributed by atoms with Crippen LogP contribution in [-0.2, 0) is 6.54 Å². The van der Waals surface area contributed by atoms with Crippen LogP contribution in [0, 0.1) is 6.92 Å². The number of nitrogens with zero attached hydrogens (tertiary/aromatic N) is 1. The average molecular weight is 387 g/mol. The molecule has 0 aliphatic heterocycles. The molecule has 0 unspecified atom stereocenters. The molecule has 1 amide bonds. The van der Waals surface area contributed by atoms with E-state index in [0.717, 1.165) is 20.7 Å². The fraction of sp³-hybridized carbons (Fsp3) is 0.111. The Balaban J connectivity index is 1.67. The number of hydrogen-bond acceptors (Lipinski definition) is 3. The molecule has 0 aliphatic carbocycles. The van der Waals surface area contributed by atoms with Crippen LogP contribution in [0.4, 0.5) is 0 Å². The minimum atomic E-state index is -0.109. The van der Waals surface area contributed by atoms with Gasteiger partial charge >= 0.3 is 0 Å². The summed E-state index contributed by atoms with van der Waals surface area (Å²) in [6.07, 6.45) is 0. The zero-order valence-electron chi connectivity index (χ0n) is 12.5. The zero-order chi connectivity index (χ0) is 16.2. The van der Waals surface area contributed by atoms with Crippen molar-refractivity contribution in [3.8, 4) is 10.6 Å². The Bertz CT molecular complexity index is 827. The van der Waals surface area contributed by atoms with E-state index in [-0.39, 0.29) is 5.91 Å². The number of hydrogen-bond donors (Lipinski definition) is 1. The van der Waals surface area contributed by atoms with Gasteiger partial charge in [-0.2, -0.15) is 0 Å². The van der Waals surface area contributed by atoms with Crippen LogP contribution in [-0.4, -0.2) is 10.9 Å². The van der Waals surface area contributed by atoms with Gasteiger partial charge in [-0.05, 0) is 35.0 Å². The van der Waals surface area contributed by atoms with E-state index < -0.39 is 0 Å². The van der Waals surface area contributed by atoms with Gasteiger partial charge in [0.15, 0.2) is 0 Å². The second kappa shape index (κ2) is 7.06. The maximum atomic E-state index is 12.2. The highest BCUT2D eigenvalue weighted by Gasteiger charge is 2.10. The second-order valence-electron chi connectivity index (χ2n) is 5.17. The normalized spacial score (nSPS) is 10.5. The second-order valence-corrected chi connectivity index (χ2v) is 6.88. The van der Waals surface area contributed by atoms with Crippen molar-refractivity contribution in [1.82, 2.24) is 10.3 Å². The van der Waals surface area contributed by atoms with Crippen LogP contribution in [0.1, 0.15) is 21.6 Å². The Kier molecular flexibility index (Phi) is 4.88. The monoisotopic (exact) mass is 386 g/mol. The van der Waals surface area contributed by atoms with E-state index in [1.807, 2.05) is 23.6 Å². The standard InChI is InChI=1S/C18H15BrN2OS/c1-12-6-8-13(9-7-12)18-21-14(11-23-18)10-20-17(22)15-4-2-3-5-16(15)19/h2-9,11H,10H2,1H3,(H,20,22). The molecule has 0 saturated carbocycles.